The first-order chi connectivity index (χ1) is 17.8. The zero-order chi connectivity index (χ0) is 26.0. The minimum atomic E-state index is -4.52. The predicted octanol–water partition coefficient (Wildman–Crippen LogP) is 7.69. The van der Waals surface area contributed by atoms with Crippen molar-refractivity contribution in [2.24, 2.45) is 10.1 Å². The van der Waals surface area contributed by atoms with Gasteiger partial charge in [0.1, 0.15) is 0 Å². The van der Waals surface area contributed by atoms with E-state index in [1.807, 2.05) is 71.6 Å². The number of benzene rings is 3. The van der Waals surface area contributed by atoms with E-state index in [2.05, 4.69) is 25.9 Å². The third-order valence-corrected chi connectivity index (χ3v) is 6.93. The number of aromatic nitrogens is 3. The monoisotopic (exact) mass is 581 g/mol. The van der Waals surface area contributed by atoms with Crippen molar-refractivity contribution >= 4 is 38.7 Å². The van der Waals surface area contributed by atoms with Crippen molar-refractivity contribution in [2.45, 2.75) is 13.1 Å². The van der Waals surface area contributed by atoms with Gasteiger partial charge in [0.05, 0.1) is 29.0 Å². The van der Waals surface area contributed by atoms with Crippen LogP contribution in [-0.4, -0.2) is 19.9 Å². The van der Waals surface area contributed by atoms with E-state index < -0.39 is 11.7 Å². The van der Waals surface area contributed by atoms with Crippen molar-refractivity contribution in [3.63, 3.8) is 0 Å². The van der Waals surface area contributed by atoms with E-state index in [9.17, 15) is 13.2 Å². The average Bonchev–Trinajstić information content (AvgIpc) is 3.56. The third-order valence-electron chi connectivity index (χ3n) is 5.59. The fraction of sp³-hybridized carbons (Fsp3) is 0.0741. The summed E-state index contributed by atoms with van der Waals surface area (Å²) < 4.78 is 45.3. The zero-order valence-corrected chi connectivity index (χ0v) is 21.8. The molecule has 0 radical (unpaired) electrons. The van der Waals surface area contributed by atoms with Gasteiger partial charge in [-0.25, -0.2) is 14.7 Å². The van der Waals surface area contributed by atoms with E-state index in [0.717, 1.165) is 33.0 Å². The lowest BCUT2D eigenvalue weighted by atomic mass is 10.1. The van der Waals surface area contributed by atoms with Crippen LogP contribution in [0.1, 0.15) is 18.1 Å². The lowest BCUT2D eigenvalue weighted by Gasteiger charge is -2.10. The van der Waals surface area contributed by atoms with Gasteiger partial charge in [-0.2, -0.15) is 18.3 Å². The number of halogens is 4. The van der Waals surface area contributed by atoms with Crippen molar-refractivity contribution in [3.05, 3.63) is 117 Å². The van der Waals surface area contributed by atoms with Gasteiger partial charge >= 0.3 is 6.18 Å². The summed E-state index contributed by atoms with van der Waals surface area (Å²) in [7, 11) is 0. The smallest absolute Gasteiger partial charge is 0.306 e. The Morgan fingerprint density at radius 2 is 1.70 bits per heavy atom. The van der Waals surface area contributed by atoms with Crippen LogP contribution in [0.25, 0.3) is 16.9 Å². The van der Waals surface area contributed by atoms with Crippen molar-refractivity contribution in [3.8, 4) is 16.9 Å². The molecule has 5 aromatic rings. The number of para-hydroxylation sites is 1. The molecular formula is C27H19BrF3N5S. The topological polar surface area (TPSA) is 47.5 Å². The van der Waals surface area contributed by atoms with Crippen molar-refractivity contribution < 1.29 is 13.2 Å². The minimum Gasteiger partial charge on any atom is -0.306 e. The fourth-order valence-electron chi connectivity index (χ4n) is 3.70. The van der Waals surface area contributed by atoms with Gasteiger partial charge in [-0.3, -0.25) is 0 Å². The Kier molecular flexibility index (Phi) is 6.94. The normalized spacial score (nSPS) is 12.8. The molecule has 37 heavy (non-hydrogen) atoms. The molecule has 0 spiro atoms. The van der Waals surface area contributed by atoms with Crippen LogP contribution < -0.4 is 4.80 Å². The van der Waals surface area contributed by atoms with Crippen LogP contribution in [0.15, 0.2) is 111 Å². The lowest BCUT2D eigenvalue weighted by molar-refractivity contribution is -0.137. The number of hydrogen-bond donors (Lipinski definition) is 0. The van der Waals surface area contributed by atoms with Crippen LogP contribution in [0.2, 0.25) is 0 Å². The Labute approximate surface area is 223 Å². The third kappa shape index (κ3) is 5.50. The number of imidazole rings is 1. The Balaban J connectivity index is 1.63. The maximum atomic E-state index is 13.6. The van der Waals surface area contributed by atoms with Gasteiger partial charge in [0.2, 0.25) is 4.80 Å². The Morgan fingerprint density at radius 3 is 2.38 bits per heavy atom. The van der Waals surface area contributed by atoms with Gasteiger partial charge in [0, 0.05) is 33.5 Å². The van der Waals surface area contributed by atoms with Crippen LogP contribution in [0.5, 0.6) is 0 Å². The number of thiazole rings is 1. The van der Waals surface area contributed by atoms with Gasteiger partial charge < -0.3 is 4.57 Å². The maximum absolute atomic E-state index is 13.6. The summed E-state index contributed by atoms with van der Waals surface area (Å²) in [5, 5.41) is 6.65. The summed E-state index contributed by atoms with van der Waals surface area (Å²) >= 11 is 4.67. The van der Waals surface area contributed by atoms with Crippen LogP contribution in [-0.2, 0) is 6.18 Å². The fourth-order valence-corrected chi connectivity index (χ4v) is 4.81. The molecule has 0 fully saturated rings. The summed E-state index contributed by atoms with van der Waals surface area (Å²) in [5.41, 5.74) is 3.12. The van der Waals surface area contributed by atoms with Crippen LogP contribution in [0, 0.1) is 0 Å². The summed E-state index contributed by atoms with van der Waals surface area (Å²) in [6, 6.07) is 20.7. The molecule has 0 N–H and O–H groups in total. The molecule has 0 saturated heterocycles. The first-order valence-electron chi connectivity index (χ1n) is 11.1. The molecule has 2 heterocycles. The number of hydrogen-bond acceptors (Lipinski definition) is 4. The summed E-state index contributed by atoms with van der Waals surface area (Å²) in [6.45, 7) is 1.86. The molecule has 186 valence electrons. The molecule has 3 aromatic carbocycles. The Hall–Kier alpha value is -3.76. The molecular weight excluding hydrogens is 563 g/mol. The van der Waals surface area contributed by atoms with E-state index in [0.29, 0.717) is 10.5 Å². The molecule has 0 aliphatic rings. The summed E-state index contributed by atoms with van der Waals surface area (Å²) in [6.07, 6.45) is 0.759. The van der Waals surface area contributed by atoms with Crippen LogP contribution >= 0.6 is 27.3 Å². The molecule has 0 bridgehead atoms. The van der Waals surface area contributed by atoms with Gasteiger partial charge in [-0.15, -0.1) is 11.3 Å². The SMILES string of the molecule is C/C(=N\n1c(-c2ccc(Br)cc2)csc1=Nc1ccccc1C(F)(F)F)c1ccc(-n2ccnc2)cc1. The lowest BCUT2D eigenvalue weighted by Crippen LogP contribution is -2.14. The van der Waals surface area contributed by atoms with Gasteiger partial charge in [0.25, 0.3) is 0 Å². The highest BCUT2D eigenvalue weighted by Crippen LogP contribution is 2.36. The molecule has 10 heteroatoms. The van der Waals surface area contributed by atoms with E-state index >= 15 is 0 Å². The number of rotatable bonds is 5. The van der Waals surface area contributed by atoms with Crippen LogP contribution in [0.4, 0.5) is 18.9 Å². The number of nitrogens with zero attached hydrogens (tertiary/aromatic N) is 5. The average molecular weight is 582 g/mol. The Morgan fingerprint density at radius 1 is 0.973 bits per heavy atom. The largest absolute Gasteiger partial charge is 0.418 e. The quantitative estimate of drug-likeness (QED) is 0.196. The maximum Gasteiger partial charge on any atom is 0.418 e. The van der Waals surface area contributed by atoms with Gasteiger partial charge in [-0.05, 0) is 48.9 Å². The number of alkyl halides is 3. The van der Waals surface area contributed by atoms with Gasteiger partial charge in [-0.1, -0.05) is 52.3 Å². The van der Waals surface area contributed by atoms with E-state index in [1.165, 1.54) is 29.5 Å². The highest BCUT2D eigenvalue weighted by molar-refractivity contribution is 9.10. The minimum absolute atomic E-state index is 0.162. The second kappa shape index (κ2) is 10.3. The second-order valence-corrected chi connectivity index (χ2v) is 9.80. The second-order valence-electron chi connectivity index (χ2n) is 8.05. The molecule has 0 amide bonds. The highest BCUT2D eigenvalue weighted by Gasteiger charge is 2.33. The summed E-state index contributed by atoms with van der Waals surface area (Å²) in [5.74, 6) is 0. The molecule has 5 nitrogen and oxygen atoms in total. The van der Waals surface area contributed by atoms with Crippen molar-refractivity contribution in [2.75, 3.05) is 0 Å². The zero-order valence-electron chi connectivity index (χ0n) is 19.4. The van der Waals surface area contributed by atoms with Crippen molar-refractivity contribution in [1.29, 1.82) is 0 Å². The first kappa shape index (κ1) is 24.9. The van der Waals surface area contributed by atoms with Crippen LogP contribution in [0.3, 0.4) is 0 Å². The van der Waals surface area contributed by atoms with Crippen molar-refractivity contribution in [1.82, 2.24) is 14.2 Å². The highest BCUT2D eigenvalue weighted by atomic mass is 79.9. The molecule has 5 rings (SSSR count). The first-order valence-corrected chi connectivity index (χ1v) is 12.8. The standard InChI is InChI=1S/C27H19BrF3N5S/c1-18(19-8-12-22(13-9-19)35-15-14-32-17-35)34-36-25(20-6-10-21(28)11-7-20)16-37-26(36)33-24-5-3-2-4-23(24)27(29,30)31/h2-17H,1H3/b33-26?,34-18+. The molecule has 0 aliphatic heterocycles. The molecule has 0 aliphatic carbocycles. The molecule has 0 unspecified atom stereocenters. The van der Waals surface area contributed by atoms with E-state index in [1.54, 1.807) is 17.2 Å². The van der Waals surface area contributed by atoms with E-state index in [-0.39, 0.29) is 5.69 Å². The summed E-state index contributed by atoms with van der Waals surface area (Å²) in [4.78, 5) is 8.79. The molecule has 2 aromatic heterocycles. The van der Waals surface area contributed by atoms with Gasteiger partial charge in [0.15, 0.2) is 0 Å². The molecule has 0 saturated carbocycles. The Bertz CT molecular complexity index is 1610. The van der Waals surface area contributed by atoms with E-state index in [4.69, 9.17) is 5.10 Å². The predicted molar refractivity (Wildman–Crippen MR) is 143 cm³/mol. The molecule has 0 atom stereocenters.